The van der Waals surface area contributed by atoms with Gasteiger partial charge in [-0.1, -0.05) is 60.7 Å². The van der Waals surface area contributed by atoms with Crippen molar-refractivity contribution in [3.8, 4) is 25.7 Å². The Bertz CT molecular complexity index is 377. The van der Waals surface area contributed by atoms with Gasteiger partial charge in [-0.3, -0.25) is 0 Å². The van der Waals surface area contributed by atoms with Gasteiger partial charge in [-0.25, -0.2) is 0 Å². The largest absolute Gasteiger partial charge is 0.124 e. The van der Waals surface area contributed by atoms with Crippen molar-refractivity contribution in [2.24, 2.45) is 0 Å². The number of hydrogen-bond acceptors (Lipinski definition) is 0. The summed E-state index contributed by atoms with van der Waals surface area (Å²) in [6.07, 6.45) is 17.0. The van der Waals surface area contributed by atoms with Crippen LogP contribution >= 0.6 is 0 Å². The summed E-state index contributed by atoms with van der Waals surface area (Å²) in [5.41, 5.74) is 2.74. The zero-order valence-electron chi connectivity index (χ0n) is 9.79. The van der Waals surface area contributed by atoms with Crippen LogP contribution < -0.4 is 0 Å². The molecule has 0 aromatic heterocycles. The highest BCUT2D eigenvalue weighted by molar-refractivity contribution is 5.25. The summed E-state index contributed by atoms with van der Waals surface area (Å²) in [6.45, 7) is 0. The van der Waals surface area contributed by atoms with Gasteiger partial charge in [0.25, 0.3) is 0 Å². The highest BCUT2D eigenvalue weighted by atomic mass is 14.0. The molecule has 0 aliphatic heterocycles. The summed E-state index contributed by atoms with van der Waals surface area (Å²) in [5, 5.41) is 0. The van der Waals surface area contributed by atoms with Crippen LogP contribution in [0.2, 0.25) is 0 Å². The second-order valence-corrected chi connectivity index (χ2v) is 3.15. The molecule has 0 radical (unpaired) electrons. The molecule has 0 bridgehead atoms. The minimum absolute atomic E-state index is 1.03. The highest BCUT2D eigenvalue weighted by Crippen LogP contribution is 2.07. The van der Waals surface area contributed by atoms with E-state index in [9.17, 15) is 0 Å². The number of hydrogen-bond donors (Lipinski definition) is 0. The van der Waals surface area contributed by atoms with Crippen LogP contribution in [-0.2, 0) is 6.42 Å². The lowest BCUT2D eigenvalue weighted by atomic mass is 10.1. The van der Waals surface area contributed by atoms with Crippen molar-refractivity contribution >= 4 is 0 Å². The van der Waals surface area contributed by atoms with Gasteiger partial charge < -0.3 is 0 Å². The fourth-order valence-electron chi connectivity index (χ4n) is 1.43. The van der Waals surface area contributed by atoms with Gasteiger partial charge in [-0.2, -0.15) is 0 Å². The predicted octanol–water partition coefficient (Wildman–Crippen LogP) is 3.78. The molecule has 0 aliphatic carbocycles. The average Bonchev–Trinajstić information content (AvgIpc) is 2.45. The average molecular weight is 220 g/mol. The van der Waals surface area contributed by atoms with E-state index in [4.69, 9.17) is 0 Å². The molecule has 0 fully saturated rings. The maximum atomic E-state index is 4.00. The Labute approximate surface area is 104 Å². The molecule has 0 unspecified atom stereocenters. The number of rotatable bonds is 2. The molecule has 0 amide bonds. The zero-order valence-corrected chi connectivity index (χ0v) is 9.79. The summed E-state index contributed by atoms with van der Waals surface area (Å²) >= 11 is 0. The van der Waals surface area contributed by atoms with Crippen LogP contribution in [0.25, 0.3) is 0 Å². The molecule has 0 saturated carbocycles. The molecule has 84 valence electrons. The van der Waals surface area contributed by atoms with Crippen LogP contribution in [0.1, 0.15) is 11.1 Å². The number of benzene rings is 2. The first-order valence-electron chi connectivity index (χ1n) is 5.20. The lowest BCUT2D eigenvalue weighted by molar-refractivity contribution is 1.19. The van der Waals surface area contributed by atoms with Crippen molar-refractivity contribution in [2.45, 2.75) is 6.42 Å². The van der Waals surface area contributed by atoms with Gasteiger partial charge in [0.2, 0.25) is 0 Å². The van der Waals surface area contributed by atoms with Gasteiger partial charge >= 0.3 is 0 Å². The van der Waals surface area contributed by atoms with Crippen molar-refractivity contribution in [2.75, 3.05) is 0 Å². The van der Waals surface area contributed by atoms with E-state index in [0.717, 1.165) is 6.42 Å². The molecule has 0 N–H and O–H groups in total. The molecular weight excluding hydrogens is 204 g/mol. The molecule has 0 spiro atoms. The third kappa shape index (κ3) is 5.88. The first-order valence-corrected chi connectivity index (χ1v) is 5.20. The van der Waals surface area contributed by atoms with Crippen LogP contribution in [0.4, 0.5) is 0 Å². The van der Waals surface area contributed by atoms with Gasteiger partial charge in [0.1, 0.15) is 0 Å². The molecular formula is C17H16. The van der Waals surface area contributed by atoms with Crippen LogP contribution in [0, 0.1) is 25.7 Å². The maximum absolute atomic E-state index is 4.00. The van der Waals surface area contributed by atoms with Crippen molar-refractivity contribution in [3.05, 3.63) is 71.8 Å². The third-order valence-electron chi connectivity index (χ3n) is 2.09. The zero-order chi connectivity index (χ0) is 12.9. The summed E-state index contributed by atoms with van der Waals surface area (Å²) in [4.78, 5) is 0. The van der Waals surface area contributed by atoms with E-state index in [1.54, 1.807) is 0 Å². The van der Waals surface area contributed by atoms with Gasteiger partial charge in [0.05, 0.1) is 0 Å². The minimum Gasteiger partial charge on any atom is -0.124 e. The lowest BCUT2D eigenvalue weighted by Gasteiger charge is -2.00. The van der Waals surface area contributed by atoms with E-state index < -0.39 is 0 Å². The monoisotopic (exact) mass is 220 g/mol. The van der Waals surface area contributed by atoms with E-state index in [1.807, 2.05) is 0 Å². The smallest absolute Gasteiger partial charge is 0.00258 e. The Balaban J connectivity index is 0.000000581. The third-order valence-corrected chi connectivity index (χ3v) is 2.09. The summed E-state index contributed by atoms with van der Waals surface area (Å²) in [6, 6.07) is 21.1. The second kappa shape index (κ2) is 10.1. The van der Waals surface area contributed by atoms with Gasteiger partial charge in [0.15, 0.2) is 0 Å². The van der Waals surface area contributed by atoms with E-state index >= 15 is 0 Å². The van der Waals surface area contributed by atoms with E-state index in [2.05, 4.69) is 86.4 Å². The molecule has 0 heteroatoms. The van der Waals surface area contributed by atoms with Crippen molar-refractivity contribution in [1.82, 2.24) is 0 Å². The molecule has 0 aliphatic rings. The lowest BCUT2D eigenvalue weighted by Crippen LogP contribution is -1.85. The SMILES string of the molecule is C#C.C#C.c1ccc(Cc2ccccc2)cc1. The Morgan fingerprint density at radius 2 is 0.824 bits per heavy atom. The molecule has 2 aromatic rings. The van der Waals surface area contributed by atoms with Gasteiger partial charge in [0, 0.05) is 0 Å². The standard InChI is InChI=1S/C13H12.2C2H2/c1-3-7-12(8-4-1)11-13-9-5-2-6-10-13;2*1-2/h1-10H,11H2;2*1-2H. The summed E-state index contributed by atoms with van der Waals surface area (Å²) < 4.78 is 0. The Morgan fingerprint density at radius 3 is 1.12 bits per heavy atom. The van der Waals surface area contributed by atoms with Gasteiger partial charge in [-0.05, 0) is 17.5 Å². The minimum atomic E-state index is 1.03. The van der Waals surface area contributed by atoms with Crippen LogP contribution in [0.5, 0.6) is 0 Å². The maximum Gasteiger partial charge on any atom is -0.00258 e. The fourth-order valence-corrected chi connectivity index (χ4v) is 1.43. The van der Waals surface area contributed by atoms with E-state index in [1.165, 1.54) is 11.1 Å². The van der Waals surface area contributed by atoms with Crippen LogP contribution in [-0.4, -0.2) is 0 Å². The fraction of sp³-hybridized carbons (Fsp3) is 0.0588. The van der Waals surface area contributed by atoms with Crippen molar-refractivity contribution in [3.63, 3.8) is 0 Å². The molecule has 2 aromatic carbocycles. The van der Waals surface area contributed by atoms with Crippen molar-refractivity contribution < 1.29 is 0 Å². The Morgan fingerprint density at radius 1 is 0.529 bits per heavy atom. The molecule has 17 heavy (non-hydrogen) atoms. The van der Waals surface area contributed by atoms with E-state index in [-0.39, 0.29) is 0 Å². The van der Waals surface area contributed by atoms with E-state index in [0.29, 0.717) is 0 Å². The van der Waals surface area contributed by atoms with Crippen LogP contribution in [0.15, 0.2) is 60.7 Å². The molecule has 0 atom stereocenters. The second-order valence-electron chi connectivity index (χ2n) is 3.15. The first-order chi connectivity index (χ1) is 8.45. The molecule has 2 rings (SSSR count). The summed E-state index contributed by atoms with van der Waals surface area (Å²) in [5.74, 6) is 0. The summed E-state index contributed by atoms with van der Waals surface area (Å²) in [7, 11) is 0. The van der Waals surface area contributed by atoms with Gasteiger partial charge in [-0.15, -0.1) is 25.7 Å². The highest BCUT2D eigenvalue weighted by Gasteiger charge is 1.92. The topological polar surface area (TPSA) is 0 Å². The molecule has 0 nitrogen and oxygen atoms in total. The van der Waals surface area contributed by atoms with Crippen molar-refractivity contribution in [1.29, 1.82) is 0 Å². The molecule has 0 saturated heterocycles. The first kappa shape index (κ1) is 14.6. The van der Waals surface area contributed by atoms with Crippen LogP contribution in [0.3, 0.4) is 0 Å². The Hall–Kier alpha value is -2.44. The predicted molar refractivity (Wildman–Crippen MR) is 75.5 cm³/mol. The quantitative estimate of drug-likeness (QED) is 0.676. The normalized spacial score (nSPS) is 7.76. The molecule has 0 heterocycles. The Kier molecular flexibility index (Phi) is 8.64. The number of terminal acetylenes is 2.